The van der Waals surface area contributed by atoms with Crippen molar-refractivity contribution in [2.24, 2.45) is 0 Å². The molecule has 0 aliphatic heterocycles. The molecule has 0 saturated heterocycles. The fraction of sp³-hybridized carbons (Fsp3) is 0.250. The number of hydrogen-bond donors (Lipinski definition) is 2. The number of H-pyrrole nitrogens is 1. The number of nitrogens with one attached hydrogen (secondary N) is 2. The zero-order chi connectivity index (χ0) is 13.9. The first-order valence-corrected chi connectivity index (χ1v) is 6.51. The van der Waals surface area contributed by atoms with Crippen LogP contribution in [0.5, 0.6) is 0 Å². The maximum absolute atomic E-state index is 11.9. The number of hydrogen-bond acceptors (Lipinski definition) is 2. The van der Waals surface area contributed by atoms with Crippen LogP contribution in [0, 0.1) is 0 Å². The lowest BCUT2D eigenvalue weighted by atomic mass is 10.1. The van der Waals surface area contributed by atoms with Gasteiger partial charge < -0.3 is 10.3 Å². The van der Waals surface area contributed by atoms with E-state index in [2.05, 4.69) is 10.3 Å². The Balaban J connectivity index is 1.95. The quantitative estimate of drug-likeness (QED) is 0.849. The summed E-state index contributed by atoms with van der Waals surface area (Å²) in [5.74, 6) is -0.577. The monoisotopic (exact) mass is 288 g/mol. The Kier molecular flexibility index (Phi) is 4.04. The van der Waals surface area contributed by atoms with E-state index < -0.39 is 5.51 Å². The van der Waals surface area contributed by atoms with Crippen molar-refractivity contribution in [3.8, 4) is 0 Å². The summed E-state index contributed by atoms with van der Waals surface area (Å²) in [6, 6.07) is 7.04. The largest absolute Gasteiger partial charge is 0.441 e. The first kappa shape index (κ1) is 13.8. The molecule has 1 aromatic heterocycles. The fourth-order valence-electron chi connectivity index (χ4n) is 1.70. The van der Waals surface area contributed by atoms with Gasteiger partial charge in [0.15, 0.2) is 0 Å². The third-order valence-electron chi connectivity index (χ3n) is 2.49. The number of para-hydroxylation sites is 1. The number of halogens is 3. The van der Waals surface area contributed by atoms with Crippen molar-refractivity contribution < 1.29 is 18.0 Å². The molecule has 7 heteroatoms. The maximum Gasteiger partial charge on any atom is 0.441 e. The SMILES string of the molecule is O=C(NCCSC(F)(F)F)c1cccc2cc[nH]c12. The van der Waals surface area contributed by atoms with Gasteiger partial charge in [0, 0.05) is 23.9 Å². The van der Waals surface area contributed by atoms with Gasteiger partial charge in [0.1, 0.15) is 0 Å². The van der Waals surface area contributed by atoms with Crippen LogP contribution in [-0.2, 0) is 0 Å². The number of thioether (sulfide) groups is 1. The van der Waals surface area contributed by atoms with Gasteiger partial charge in [0.25, 0.3) is 5.91 Å². The molecule has 1 aromatic carbocycles. The Morgan fingerprint density at radius 2 is 2.11 bits per heavy atom. The van der Waals surface area contributed by atoms with Crippen molar-refractivity contribution in [1.82, 2.24) is 10.3 Å². The molecule has 0 atom stereocenters. The summed E-state index contributed by atoms with van der Waals surface area (Å²) in [5.41, 5.74) is -3.15. The minimum Gasteiger partial charge on any atom is -0.361 e. The molecule has 0 unspecified atom stereocenters. The minimum atomic E-state index is -4.26. The fourth-order valence-corrected chi connectivity index (χ4v) is 2.14. The molecular formula is C12H11F3N2OS. The van der Waals surface area contributed by atoms with Gasteiger partial charge in [-0.2, -0.15) is 13.2 Å². The second-order valence-corrected chi connectivity index (χ2v) is 4.96. The molecule has 0 spiro atoms. The van der Waals surface area contributed by atoms with E-state index in [1.165, 1.54) is 0 Å². The highest BCUT2D eigenvalue weighted by Gasteiger charge is 2.27. The molecular weight excluding hydrogens is 277 g/mol. The number of fused-ring (bicyclic) bond motifs is 1. The van der Waals surface area contributed by atoms with Crippen molar-refractivity contribution >= 4 is 28.6 Å². The minimum absolute atomic E-state index is 0.0277. The van der Waals surface area contributed by atoms with Gasteiger partial charge in [-0.05, 0) is 23.9 Å². The summed E-state index contributed by atoms with van der Waals surface area (Å²) in [6.45, 7) is -0.0277. The van der Waals surface area contributed by atoms with E-state index in [-0.39, 0.29) is 30.0 Å². The van der Waals surface area contributed by atoms with Crippen molar-refractivity contribution in [1.29, 1.82) is 0 Å². The Labute approximate surface area is 111 Å². The first-order chi connectivity index (χ1) is 8.97. The van der Waals surface area contributed by atoms with Crippen LogP contribution < -0.4 is 5.32 Å². The number of benzene rings is 1. The van der Waals surface area contributed by atoms with Crippen LogP contribution in [0.1, 0.15) is 10.4 Å². The molecule has 1 heterocycles. The molecule has 2 N–H and O–H groups in total. The van der Waals surface area contributed by atoms with Crippen LogP contribution in [0.4, 0.5) is 13.2 Å². The number of aromatic amines is 1. The predicted molar refractivity (Wildman–Crippen MR) is 69.1 cm³/mol. The molecule has 0 fully saturated rings. The van der Waals surface area contributed by atoms with E-state index in [1.807, 2.05) is 12.1 Å². The molecule has 102 valence electrons. The van der Waals surface area contributed by atoms with E-state index in [0.717, 1.165) is 5.39 Å². The standard InChI is InChI=1S/C12H11F3N2OS/c13-12(14,15)19-7-6-17-11(18)9-3-1-2-8-4-5-16-10(8)9/h1-5,16H,6-7H2,(H,17,18). The average molecular weight is 288 g/mol. The summed E-state index contributed by atoms with van der Waals surface area (Å²) in [5, 5.41) is 3.36. The Morgan fingerprint density at radius 3 is 2.84 bits per heavy atom. The van der Waals surface area contributed by atoms with Crippen LogP contribution in [0.2, 0.25) is 0 Å². The third kappa shape index (κ3) is 3.66. The smallest absolute Gasteiger partial charge is 0.361 e. The summed E-state index contributed by atoms with van der Waals surface area (Å²) in [4.78, 5) is 14.8. The van der Waals surface area contributed by atoms with E-state index in [1.54, 1.807) is 18.3 Å². The second-order valence-electron chi connectivity index (χ2n) is 3.80. The zero-order valence-electron chi connectivity index (χ0n) is 9.75. The number of carbonyl (C=O) groups is 1. The van der Waals surface area contributed by atoms with Gasteiger partial charge in [0.05, 0.1) is 11.1 Å². The van der Waals surface area contributed by atoms with Crippen molar-refractivity contribution in [3.05, 3.63) is 36.0 Å². The first-order valence-electron chi connectivity index (χ1n) is 5.52. The van der Waals surface area contributed by atoms with Gasteiger partial charge in [0.2, 0.25) is 0 Å². The van der Waals surface area contributed by atoms with Crippen molar-refractivity contribution in [2.45, 2.75) is 5.51 Å². The van der Waals surface area contributed by atoms with Crippen LogP contribution in [0.15, 0.2) is 30.5 Å². The molecule has 19 heavy (non-hydrogen) atoms. The highest BCUT2D eigenvalue weighted by Crippen LogP contribution is 2.29. The topological polar surface area (TPSA) is 44.9 Å². The lowest BCUT2D eigenvalue weighted by Crippen LogP contribution is -2.26. The Bertz CT molecular complexity index is 580. The number of amides is 1. The van der Waals surface area contributed by atoms with Gasteiger partial charge in [-0.15, -0.1) is 0 Å². The summed E-state index contributed by atoms with van der Waals surface area (Å²) in [6.07, 6.45) is 1.71. The third-order valence-corrected chi connectivity index (χ3v) is 3.22. The molecule has 0 radical (unpaired) electrons. The number of rotatable bonds is 4. The maximum atomic E-state index is 11.9. The summed E-state index contributed by atoms with van der Waals surface area (Å²) < 4.78 is 35.7. The number of aromatic nitrogens is 1. The van der Waals surface area contributed by atoms with Crippen LogP contribution in [0.3, 0.4) is 0 Å². The lowest BCUT2D eigenvalue weighted by molar-refractivity contribution is -0.0327. The van der Waals surface area contributed by atoms with Gasteiger partial charge in [-0.1, -0.05) is 12.1 Å². The summed E-state index contributed by atoms with van der Waals surface area (Å²) in [7, 11) is 0. The normalized spacial score (nSPS) is 11.7. The van der Waals surface area contributed by atoms with E-state index in [4.69, 9.17) is 0 Å². The van der Waals surface area contributed by atoms with E-state index >= 15 is 0 Å². The predicted octanol–water partition coefficient (Wildman–Crippen LogP) is 3.15. The van der Waals surface area contributed by atoms with Crippen LogP contribution in [0.25, 0.3) is 10.9 Å². The van der Waals surface area contributed by atoms with Crippen molar-refractivity contribution in [3.63, 3.8) is 0 Å². The number of carbonyl (C=O) groups excluding carboxylic acids is 1. The molecule has 2 aromatic rings. The molecule has 0 aliphatic carbocycles. The molecule has 1 amide bonds. The van der Waals surface area contributed by atoms with Gasteiger partial charge >= 0.3 is 5.51 Å². The highest BCUT2D eigenvalue weighted by atomic mass is 32.2. The second kappa shape index (κ2) is 5.56. The Morgan fingerprint density at radius 1 is 1.32 bits per heavy atom. The highest BCUT2D eigenvalue weighted by molar-refractivity contribution is 8.00. The van der Waals surface area contributed by atoms with Crippen LogP contribution >= 0.6 is 11.8 Å². The number of alkyl halides is 3. The Hall–Kier alpha value is -1.63. The molecule has 2 rings (SSSR count). The van der Waals surface area contributed by atoms with Gasteiger partial charge in [-0.25, -0.2) is 0 Å². The van der Waals surface area contributed by atoms with E-state index in [9.17, 15) is 18.0 Å². The average Bonchev–Trinajstić information content (AvgIpc) is 2.81. The summed E-state index contributed by atoms with van der Waals surface area (Å²) >= 11 is -0.146. The van der Waals surface area contributed by atoms with Crippen LogP contribution in [-0.4, -0.2) is 28.7 Å². The molecule has 0 aliphatic rings. The lowest BCUT2D eigenvalue weighted by Gasteiger charge is -2.07. The molecule has 0 bridgehead atoms. The van der Waals surface area contributed by atoms with Gasteiger partial charge in [-0.3, -0.25) is 4.79 Å². The molecule has 0 saturated carbocycles. The zero-order valence-corrected chi connectivity index (χ0v) is 10.6. The van der Waals surface area contributed by atoms with Crippen molar-refractivity contribution in [2.75, 3.05) is 12.3 Å². The molecule has 3 nitrogen and oxygen atoms in total. The van der Waals surface area contributed by atoms with E-state index in [0.29, 0.717) is 11.1 Å².